The lowest BCUT2D eigenvalue weighted by atomic mass is 10.3. The molecule has 1 aliphatic heterocycles. The second kappa shape index (κ2) is 8.10. The van der Waals surface area contributed by atoms with Gasteiger partial charge >= 0.3 is 0 Å². The Kier molecular flexibility index (Phi) is 6.44. The Morgan fingerprint density at radius 1 is 1.29 bits per heavy atom. The summed E-state index contributed by atoms with van der Waals surface area (Å²) in [5.41, 5.74) is 0.629. The summed E-state index contributed by atoms with van der Waals surface area (Å²) in [6.45, 7) is 4.68. The van der Waals surface area contributed by atoms with Crippen molar-refractivity contribution in [3.05, 3.63) is 27.7 Å². The number of nitrogens with one attached hydrogen (secondary N) is 1. The maximum absolute atomic E-state index is 12.0. The summed E-state index contributed by atoms with van der Waals surface area (Å²) < 4.78 is 0.880. The number of aliphatic hydroxyl groups excluding tert-OH is 1. The number of rotatable bonds is 5. The smallest absolute Gasteiger partial charge is 0.238 e. The van der Waals surface area contributed by atoms with E-state index in [-0.39, 0.29) is 12.5 Å². The second-order valence-corrected chi connectivity index (χ2v) is 6.34. The largest absolute Gasteiger partial charge is 0.395 e. The molecule has 0 spiro atoms. The molecule has 1 aromatic rings. The van der Waals surface area contributed by atoms with Crippen LogP contribution >= 0.6 is 27.5 Å². The fourth-order valence-electron chi connectivity index (χ4n) is 2.30. The van der Waals surface area contributed by atoms with Crippen LogP contribution in [0.2, 0.25) is 5.02 Å². The van der Waals surface area contributed by atoms with E-state index < -0.39 is 0 Å². The molecule has 2 rings (SSSR count). The molecule has 7 heteroatoms. The molecule has 1 saturated heterocycles. The molecule has 0 saturated carbocycles. The normalized spacial score (nSPS) is 16.9. The van der Waals surface area contributed by atoms with E-state index in [4.69, 9.17) is 16.7 Å². The molecule has 5 nitrogen and oxygen atoms in total. The maximum atomic E-state index is 12.0. The SMILES string of the molecule is O=C(CN1CCN(CCO)CC1)Nc1ccc(Br)cc1Cl. The van der Waals surface area contributed by atoms with E-state index in [0.717, 1.165) is 30.7 Å². The number of benzene rings is 1. The van der Waals surface area contributed by atoms with Crippen LogP contribution in [0.15, 0.2) is 22.7 Å². The number of halogens is 2. The first-order chi connectivity index (χ1) is 10.1. The van der Waals surface area contributed by atoms with Crippen molar-refractivity contribution in [1.29, 1.82) is 0 Å². The molecule has 0 bridgehead atoms. The summed E-state index contributed by atoms with van der Waals surface area (Å²) in [4.78, 5) is 16.3. The Morgan fingerprint density at radius 2 is 1.95 bits per heavy atom. The number of piperazine rings is 1. The first kappa shape index (κ1) is 16.7. The van der Waals surface area contributed by atoms with Gasteiger partial charge in [0.2, 0.25) is 5.91 Å². The van der Waals surface area contributed by atoms with Gasteiger partial charge in [-0.15, -0.1) is 0 Å². The predicted molar refractivity (Wildman–Crippen MR) is 87.7 cm³/mol. The number of hydrogen-bond acceptors (Lipinski definition) is 4. The van der Waals surface area contributed by atoms with Crippen LogP contribution in [0.1, 0.15) is 0 Å². The minimum absolute atomic E-state index is 0.0603. The summed E-state index contributed by atoms with van der Waals surface area (Å²) in [5, 5.41) is 12.3. The molecule has 0 unspecified atom stereocenters. The monoisotopic (exact) mass is 375 g/mol. The van der Waals surface area contributed by atoms with Gasteiger partial charge in [-0.25, -0.2) is 0 Å². The minimum Gasteiger partial charge on any atom is -0.395 e. The van der Waals surface area contributed by atoms with Crippen molar-refractivity contribution < 1.29 is 9.90 Å². The molecular formula is C14H19BrClN3O2. The van der Waals surface area contributed by atoms with Crippen LogP contribution in [0.5, 0.6) is 0 Å². The van der Waals surface area contributed by atoms with Crippen LogP contribution in [0.25, 0.3) is 0 Å². The maximum Gasteiger partial charge on any atom is 0.238 e. The fourth-order valence-corrected chi connectivity index (χ4v) is 3.02. The Labute approximate surface area is 138 Å². The van der Waals surface area contributed by atoms with Crippen LogP contribution < -0.4 is 5.32 Å². The van der Waals surface area contributed by atoms with Crippen molar-refractivity contribution in [3.63, 3.8) is 0 Å². The molecule has 1 amide bonds. The van der Waals surface area contributed by atoms with Crippen LogP contribution in [0, 0.1) is 0 Å². The van der Waals surface area contributed by atoms with Gasteiger partial charge in [0.05, 0.1) is 23.9 Å². The van der Waals surface area contributed by atoms with Gasteiger partial charge in [-0.1, -0.05) is 27.5 Å². The lowest BCUT2D eigenvalue weighted by molar-refractivity contribution is -0.117. The molecule has 0 atom stereocenters. The molecule has 1 heterocycles. The van der Waals surface area contributed by atoms with E-state index in [0.29, 0.717) is 23.8 Å². The average Bonchev–Trinajstić information content (AvgIpc) is 2.44. The topological polar surface area (TPSA) is 55.8 Å². The number of carbonyl (C=O) groups excluding carboxylic acids is 1. The Hall–Kier alpha value is -0.660. The van der Waals surface area contributed by atoms with Crippen molar-refractivity contribution in [2.45, 2.75) is 0 Å². The quantitative estimate of drug-likeness (QED) is 0.820. The summed E-state index contributed by atoms with van der Waals surface area (Å²) in [6, 6.07) is 5.38. The van der Waals surface area contributed by atoms with Crippen molar-refractivity contribution in [2.24, 2.45) is 0 Å². The first-order valence-corrected chi connectivity index (χ1v) is 8.06. The van der Waals surface area contributed by atoms with E-state index >= 15 is 0 Å². The Bertz CT molecular complexity index is 493. The summed E-state index contributed by atoms with van der Waals surface area (Å²) in [7, 11) is 0. The van der Waals surface area contributed by atoms with Crippen molar-refractivity contribution >= 4 is 39.1 Å². The number of hydrogen-bond donors (Lipinski definition) is 2. The number of aliphatic hydroxyl groups is 1. The van der Waals surface area contributed by atoms with Crippen LogP contribution in [-0.2, 0) is 4.79 Å². The lowest BCUT2D eigenvalue weighted by Crippen LogP contribution is -2.49. The number of nitrogens with zero attached hydrogens (tertiary/aromatic N) is 2. The van der Waals surface area contributed by atoms with Crippen LogP contribution in [-0.4, -0.2) is 66.7 Å². The van der Waals surface area contributed by atoms with Gasteiger partial charge in [-0.2, -0.15) is 0 Å². The number of carbonyl (C=O) groups is 1. The molecule has 116 valence electrons. The molecule has 0 aromatic heterocycles. The van der Waals surface area contributed by atoms with Gasteiger partial charge in [0.1, 0.15) is 0 Å². The van der Waals surface area contributed by atoms with E-state index in [9.17, 15) is 4.79 Å². The molecule has 21 heavy (non-hydrogen) atoms. The third-order valence-corrected chi connectivity index (χ3v) is 4.26. The zero-order chi connectivity index (χ0) is 15.2. The Morgan fingerprint density at radius 3 is 2.57 bits per heavy atom. The third kappa shape index (κ3) is 5.23. The fraction of sp³-hybridized carbons (Fsp3) is 0.500. The number of amides is 1. The van der Waals surface area contributed by atoms with Gasteiger partial charge < -0.3 is 10.4 Å². The van der Waals surface area contributed by atoms with Gasteiger partial charge in [-0.05, 0) is 18.2 Å². The van der Waals surface area contributed by atoms with Crippen molar-refractivity contribution in [3.8, 4) is 0 Å². The van der Waals surface area contributed by atoms with Crippen LogP contribution in [0.4, 0.5) is 5.69 Å². The molecular weight excluding hydrogens is 358 g/mol. The summed E-state index contributed by atoms with van der Waals surface area (Å²) in [6.07, 6.45) is 0. The third-order valence-electron chi connectivity index (χ3n) is 3.45. The highest BCUT2D eigenvalue weighted by atomic mass is 79.9. The van der Waals surface area contributed by atoms with Gasteiger partial charge in [0, 0.05) is 37.2 Å². The van der Waals surface area contributed by atoms with E-state index in [1.54, 1.807) is 12.1 Å². The van der Waals surface area contributed by atoms with Gasteiger partial charge in [-0.3, -0.25) is 14.6 Å². The highest BCUT2D eigenvalue weighted by Crippen LogP contribution is 2.25. The Balaban J connectivity index is 1.80. The minimum atomic E-state index is -0.0603. The summed E-state index contributed by atoms with van der Waals surface area (Å²) in [5.74, 6) is -0.0603. The number of β-amino-alcohol motifs (C(OH)–C–C–N with tert-alkyl or cyclic N) is 1. The molecule has 1 aliphatic rings. The molecule has 2 N–H and O–H groups in total. The standard InChI is InChI=1S/C14H19BrClN3O2/c15-11-1-2-13(12(16)9-11)17-14(21)10-19-5-3-18(4-6-19)7-8-20/h1-2,9,20H,3-8,10H2,(H,17,21). The van der Waals surface area contributed by atoms with E-state index in [2.05, 4.69) is 31.0 Å². The number of anilines is 1. The molecule has 1 fully saturated rings. The highest BCUT2D eigenvalue weighted by Gasteiger charge is 2.18. The molecule has 1 aromatic carbocycles. The molecule has 0 radical (unpaired) electrons. The average molecular weight is 377 g/mol. The lowest BCUT2D eigenvalue weighted by Gasteiger charge is -2.33. The predicted octanol–water partition coefficient (Wildman–Crippen LogP) is 1.65. The molecule has 0 aliphatic carbocycles. The van der Waals surface area contributed by atoms with Gasteiger partial charge in [0.15, 0.2) is 0 Å². The highest BCUT2D eigenvalue weighted by molar-refractivity contribution is 9.10. The van der Waals surface area contributed by atoms with E-state index in [1.807, 2.05) is 6.07 Å². The van der Waals surface area contributed by atoms with Crippen LogP contribution in [0.3, 0.4) is 0 Å². The van der Waals surface area contributed by atoms with Crippen molar-refractivity contribution in [2.75, 3.05) is 51.2 Å². The zero-order valence-corrected chi connectivity index (χ0v) is 14.0. The first-order valence-electron chi connectivity index (χ1n) is 6.89. The van der Waals surface area contributed by atoms with Gasteiger partial charge in [0.25, 0.3) is 0 Å². The van der Waals surface area contributed by atoms with E-state index in [1.165, 1.54) is 0 Å². The second-order valence-electron chi connectivity index (χ2n) is 5.01. The zero-order valence-electron chi connectivity index (χ0n) is 11.7. The van der Waals surface area contributed by atoms with Crippen molar-refractivity contribution in [1.82, 2.24) is 9.80 Å². The summed E-state index contributed by atoms with van der Waals surface area (Å²) >= 11 is 9.41.